The number of thiazole rings is 1. The molecule has 0 saturated carbocycles. The first kappa shape index (κ1) is 18.1. The number of hydrogen-bond donors (Lipinski definition) is 2. The monoisotopic (exact) mass is 345 g/mol. The first-order valence-corrected chi connectivity index (χ1v) is 9.04. The number of aromatic nitrogens is 1. The van der Waals surface area contributed by atoms with E-state index in [0.717, 1.165) is 29.1 Å². The zero-order chi connectivity index (χ0) is 17.2. The van der Waals surface area contributed by atoms with Crippen molar-refractivity contribution >= 4 is 23.2 Å². The van der Waals surface area contributed by atoms with Gasteiger partial charge in [-0.2, -0.15) is 0 Å². The number of carbonyl (C=O) groups excluding carboxylic acids is 2. The molecule has 6 heteroatoms. The highest BCUT2D eigenvalue weighted by Gasteiger charge is 2.07. The average molecular weight is 345 g/mol. The van der Waals surface area contributed by atoms with Gasteiger partial charge in [-0.25, -0.2) is 4.98 Å². The van der Waals surface area contributed by atoms with Gasteiger partial charge in [-0.1, -0.05) is 30.3 Å². The Hall–Kier alpha value is -2.21. The number of aryl methyl sites for hydroxylation is 1. The van der Waals surface area contributed by atoms with Crippen molar-refractivity contribution in [3.63, 3.8) is 0 Å². The van der Waals surface area contributed by atoms with Crippen LogP contribution in [0.3, 0.4) is 0 Å². The van der Waals surface area contributed by atoms with Gasteiger partial charge in [-0.15, -0.1) is 11.3 Å². The van der Waals surface area contributed by atoms with E-state index in [4.69, 9.17) is 0 Å². The zero-order valence-corrected chi connectivity index (χ0v) is 14.7. The zero-order valence-electron chi connectivity index (χ0n) is 13.9. The third kappa shape index (κ3) is 6.50. The molecule has 2 rings (SSSR count). The quantitative estimate of drug-likeness (QED) is 0.687. The molecule has 128 valence electrons. The van der Waals surface area contributed by atoms with Crippen LogP contribution in [0.25, 0.3) is 11.3 Å². The van der Waals surface area contributed by atoms with Crippen LogP contribution >= 0.6 is 11.3 Å². The summed E-state index contributed by atoms with van der Waals surface area (Å²) in [7, 11) is 0. The Bertz CT molecular complexity index is 655. The fourth-order valence-electron chi connectivity index (χ4n) is 2.22. The Labute approximate surface area is 146 Å². The van der Waals surface area contributed by atoms with Crippen molar-refractivity contribution in [3.8, 4) is 11.3 Å². The summed E-state index contributed by atoms with van der Waals surface area (Å²) >= 11 is 1.59. The van der Waals surface area contributed by atoms with E-state index in [0.29, 0.717) is 25.9 Å². The van der Waals surface area contributed by atoms with E-state index >= 15 is 0 Å². The summed E-state index contributed by atoms with van der Waals surface area (Å²) in [6.45, 7) is 2.81. The highest BCUT2D eigenvalue weighted by molar-refractivity contribution is 7.09. The van der Waals surface area contributed by atoms with E-state index in [-0.39, 0.29) is 11.8 Å². The van der Waals surface area contributed by atoms with Gasteiger partial charge in [0.15, 0.2) is 0 Å². The minimum absolute atomic E-state index is 0.0163. The van der Waals surface area contributed by atoms with E-state index < -0.39 is 0 Å². The summed E-state index contributed by atoms with van der Waals surface area (Å²) in [5.41, 5.74) is 2.07. The smallest absolute Gasteiger partial charge is 0.220 e. The molecule has 2 N–H and O–H groups in total. The molecule has 0 saturated heterocycles. The van der Waals surface area contributed by atoms with Gasteiger partial charge >= 0.3 is 0 Å². The topological polar surface area (TPSA) is 71.1 Å². The molecule has 0 aliphatic rings. The first-order chi connectivity index (χ1) is 11.6. The van der Waals surface area contributed by atoms with Gasteiger partial charge in [-0.05, 0) is 12.8 Å². The molecule has 5 nitrogen and oxygen atoms in total. The number of nitrogens with one attached hydrogen (secondary N) is 2. The molecule has 1 heterocycles. The molecule has 2 amide bonds. The van der Waals surface area contributed by atoms with Crippen LogP contribution in [0.5, 0.6) is 0 Å². The number of nitrogens with zero attached hydrogens (tertiary/aromatic N) is 1. The number of hydrogen-bond acceptors (Lipinski definition) is 4. The normalized spacial score (nSPS) is 10.4. The van der Waals surface area contributed by atoms with E-state index in [1.807, 2.05) is 35.7 Å². The summed E-state index contributed by atoms with van der Waals surface area (Å²) in [6, 6.07) is 10.0. The van der Waals surface area contributed by atoms with Crippen molar-refractivity contribution in [2.75, 3.05) is 13.1 Å². The van der Waals surface area contributed by atoms with Crippen LogP contribution in [0.15, 0.2) is 35.7 Å². The molecule has 24 heavy (non-hydrogen) atoms. The van der Waals surface area contributed by atoms with Gasteiger partial charge in [0.1, 0.15) is 0 Å². The summed E-state index contributed by atoms with van der Waals surface area (Å²) in [5.74, 6) is 0.0309. The van der Waals surface area contributed by atoms with E-state index in [1.54, 1.807) is 11.3 Å². The third-order valence-electron chi connectivity index (χ3n) is 3.49. The molecule has 0 radical (unpaired) electrons. The van der Waals surface area contributed by atoms with Gasteiger partial charge in [0, 0.05) is 43.8 Å². The molecular weight excluding hydrogens is 322 g/mol. The molecule has 1 aromatic carbocycles. The van der Waals surface area contributed by atoms with Crippen molar-refractivity contribution in [2.45, 2.75) is 32.6 Å². The van der Waals surface area contributed by atoms with Crippen LogP contribution in [0.1, 0.15) is 31.2 Å². The number of carbonyl (C=O) groups is 2. The Morgan fingerprint density at radius 2 is 1.79 bits per heavy atom. The minimum Gasteiger partial charge on any atom is -0.356 e. The van der Waals surface area contributed by atoms with Crippen molar-refractivity contribution < 1.29 is 9.59 Å². The van der Waals surface area contributed by atoms with Crippen LogP contribution in [-0.2, 0) is 16.0 Å². The highest BCUT2D eigenvalue weighted by Crippen LogP contribution is 2.22. The van der Waals surface area contributed by atoms with Crippen LogP contribution < -0.4 is 10.6 Å². The molecule has 0 aliphatic heterocycles. The second-order valence-corrected chi connectivity index (χ2v) is 6.48. The maximum absolute atomic E-state index is 11.8. The average Bonchev–Trinajstić information content (AvgIpc) is 3.06. The largest absolute Gasteiger partial charge is 0.356 e. The van der Waals surface area contributed by atoms with Crippen LogP contribution in [-0.4, -0.2) is 29.9 Å². The van der Waals surface area contributed by atoms with Crippen LogP contribution in [0.2, 0.25) is 0 Å². The van der Waals surface area contributed by atoms with E-state index in [1.165, 1.54) is 6.92 Å². The van der Waals surface area contributed by atoms with E-state index in [2.05, 4.69) is 15.6 Å². The third-order valence-corrected chi connectivity index (χ3v) is 4.40. The number of rotatable bonds is 9. The summed E-state index contributed by atoms with van der Waals surface area (Å²) in [4.78, 5) is 27.1. The molecule has 0 unspecified atom stereocenters. The van der Waals surface area contributed by atoms with Crippen molar-refractivity contribution in [2.24, 2.45) is 0 Å². The molecule has 0 fully saturated rings. The van der Waals surface area contributed by atoms with Gasteiger partial charge in [0.25, 0.3) is 0 Å². The van der Waals surface area contributed by atoms with Crippen molar-refractivity contribution in [1.29, 1.82) is 0 Å². The number of amides is 2. The van der Waals surface area contributed by atoms with Crippen molar-refractivity contribution in [3.05, 3.63) is 40.7 Å². The number of benzene rings is 1. The lowest BCUT2D eigenvalue weighted by atomic mass is 10.2. The van der Waals surface area contributed by atoms with Gasteiger partial charge in [-0.3, -0.25) is 9.59 Å². The maximum atomic E-state index is 11.8. The molecule has 0 atom stereocenters. The van der Waals surface area contributed by atoms with Gasteiger partial charge < -0.3 is 10.6 Å². The highest BCUT2D eigenvalue weighted by atomic mass is 32.1. The standard InChI is InChI=1S/C18H23N3O2S/c1-14(22)19-11-5-6-12-20-17(23)9-10-18-21-16(13-24-18)15-7-3-2-4-8-15/h2-4,7-8,13H,5-6,9-12H2,1H3,(H,19,22)(H,20,23). The second-order valence-electron chi connectivity index (χ2n) is 5.53. The van der Waals surface area contributed by atoms with Gasteiger partial charge in [0.2, 0.25) is 11.8 Å². The van der Waals surface area contributed by atoms with E-state index in [9.17, 15) is 9.59 Å². The predicted molar refractivity (Wildman–Crippen MR) is 96.8 cm³/mol. The summed E-state index contributed by atoms with van der Waals surface area (Å²) < 4.78 is 0. The Morgan fingerprint density at radius 1 is 1.08 bits per heavy atom. The molecular formula is C18H23N3O2S. The molecule has 0 bridgehead atoms. The minimum atomic E-state index is -0.0163. The van der Waals surface area contributed by atoms with Crippen LogP contribution in [0.4, 0.5) is 0 Å². The van der Waals surface area contributed by atoms with Crippen molar-refractivity contribution in [1.82, 2.24) is 15.6 Å². The van der Waals surface area contributed by atoms with Gasteiger partial charge in [0.05, 0.1) is 10.7 Å². The first-order valence-electron chi connectivity index (χ1n) is 8.16. The second kappa shape index (κ2) is 9.82. The fourth-order valence-corrected chi connectivity index (χ4v) is 3.03. The number of unbranched alkanes of at least 4 members (excludes halogenated alkanes) is 1. The molecule has 1 aromatic heterocycles. The lowest BCUT2D eigenvalue weighted by molar-refractivity contribution is -0.121. The Kier molecular flexibility index (Phi) is 7.42. The summed E-state index contributed by atoms with van der Waals surface area (Å²) in [5, 5.41) is 8.66. The van der Waals surface area contributed by atoms with Crippen LogP contribution in [0, 0.1) is 0 Å². The SMILES string of the molecule is CC(=O)NCCCCNC(=O)CCc1nc(-c2ccccc2)cs1. The lowest BCUT2D eigenvalue weighted by Gasteiger charge is -2.05. The Balaban J connectivity index is 1.64. The fraction of sp³-hybridized carbons (Fsp3) is 0.389. The molecule has 0 aliphatic carbocycles. The molecule has 2 aromatic rings. The lowest BCUT2D eigenvalue weighted by Crippen LogP contribution is -2.26. The maximum Gasteiger partial charge on any atom is 0.220 e. The summed E-state index contributed by atoms with van der Waals surface area (Å²) in [6.07, 6.45) is 2.84. The molecule has 0 spiro atoms. The Morgan fingerprint density at radius 3 is 2.50 bits per heavy atom. The predicted octanol–water partition coefficient (Wildman–Crippen LogP) is 2.78.